The standard InChI is InChI=1S/C18H25ClN4O3S/c1-3-23-16(26)12(14(24)13-17(23)27-18(19)21-13)15(25)20-7-5-9-22-8-4-6-11(2)10-22/h11,24H,3-10H2,1-2H3,(H,20,25)/i1D3,3D2,4D2,6D2,7D2,8D2,10D2,11D/hD. The number of pyridine rings is 1. The van der Waals surface area contributed by atoms with E-state index in [2.05, 4.69) is 4.98 Å². The first-order valence-electron chi connectivity index (χ1n) is 15.9. The predicted molar refractivity (Wildman–Crippen MR) is 108 cm³/mol. The molecule has 1 fully saturated rings. The highest BCUT2D eigenvalue weighted by molar-refractivity contribution is 7.21. The van der Waals surface area contributed by atoms with Crippen molar-refractivity contribution >= 4 is 39.2 Å². The number of aryl methyl sites for hydroxylation is 1. The Balaban J connectivity index is 2.09. The Labute approximate surface area is 190 Å². The van der Waals surface area contributed by atoms with Gasteiger partial charge < -0.3 is 15.3 Å². The number of nitrogens with one attached hydrogen (secondary N) is 1. The normalized spacial score (nSPS) is 39.1. The Morgan fingerprint density at radius 2 is 2.52 bits per heavy atom. The second-order valence-corrected chi connectivity index (χ2v) is 6.73. The zero-order valence-electron chi connectivity index (χ0n) is 30.8. The highest BCUT2D eigenvalue weighted by Gasteiger charge is 2.24. The fourth-order valence-electron chi connectivity index (χ4n) is 2.22. The molecule has 0 bridgehead atoms. The number of nitrogens with zero attached hydrogens (tertiary/aromatic N) is 3. The molecule has 148 valence electrons. The van der Waals surface area contributed by atoms with Crippen LogP contribution in [0.15, 0.2) is 4.79 Å². The van der Waals surface area contributed by atoms with Gasteiger partial charge in [-0.15, -0.1) is 0 Å². The number of hydrogen-bond donors (Lipinski definition) is 2. The van der Waals surface area contributed by atoms with Crippen LogP contribution in [0.2, 0.25) is 5.88 Å². The van der Waals surface area contributed by atoms with Crippen LogP contribution in [0.1, 0.15) is 65.2 Å². The molecule has 0 spiro atoms. The van der Waals surface area contributed by atoms with E-state index in [0.29, 0.717) is 18.3 Å². The van der Waals surface area contributed by atoms with E-state index in [4.69, 9.17) is 34.9 Å². The van der Waals surface area contributed by atoms with Crippen molar-refractivity contribution in [1.29, 1.82) is 0 Å². The molecule has 7 nitrogen and oxygen atoms in total. The molecule has 0 radical (unpaired) electrons. The monoisotopic (exact) mass is 429 g/mol. The van der Waals surface area contributed by atoms with Gasteiger partial charge in [-0.25, -0.2) is 4.98 Å². The number of amides is 1. The molecule has 2 aromatic heterocycles. The fraction of sp³-hybridized carbons (Fsp3) is 0.611. The van der Waals surface area contributed by atoms with Gasteiger partial charge in [-0.3, -0.25) is 14.2 Å². The van der Waals surface area contributed by atoms with Gasteiger partial charge in [0.15, 0.2) is 11.6 Å². The third-order valence-electron chi connectivity index (χ3n) is 3.36. The van der Waals surface area contributed by atoms with Crippen molar-refractivity contribution < 1.29 is 33.2 Å². The maximum atomic E-state index is 13.3. The Hall–Kier alpha value is -1.64. The van der Waals surface area contributed by atoms with E-state index in [1.807, 2.05) is 0 Å². The number of fused-ring (bicyclic) bond motifs is 1. The number of piperidine rings is 1. The van der Waals surface area contributed by atoms with Gasteiger partial charge in [0.05, 0.1) is 0 Å². The van der Waals surface area contributed by atoms with Crippen molar-refractivity contribution in [3.05, 3.63) is 20.4 Å². The fourth-order valence-corrected chi connectivity index (χ4v) is 3.27. The summed E-state index contributed by atoms with van der Waals surface area (Å²) in [5, 5.41) is 10.2. The minimum absolute atomic E-state index is 0.0306. The largest absolute Gasteiger partial charge is 0.505 e. The van der Waals surface area contributed by atoms with E-state index in [9.17, 15) is 14.7 Å². The lowest BCUT2D eigenvalue weighted by Crippen LogP contribution is -2.37. The summed E-state index contributed by atoms with van der Waals surface area (Å²) < 4.78 is 136. The van der Waals surface area contributed by atoms with Crippen molar-refractivity contribution in [2.75, 3.05) is 26.0 Å². The first kappa shape index (κ1) is 7.65. The molecule has 27 heavy (non-hydrogen) atoms. The first-order chi connectivity index (χ1) is 19.4. The third kappa shape index (κ3) is 4.28. The summed E-state index contributed by atoms with van der Waals surface area (Å²) in [6, 6.07) is 0. The van der Waals surface area contributed by atoms with Gasteiger partial charge in [0, 0.05) is 41.4 Å². The second-order valence-electron chi connectivity index (χ2n) is 5.17. The second kappa shape index (κ2) is 8.58. The summed E-state index contributed by atoms with van der Waals surface area (Å²) in [5.41, 5.74) is -3.98. The first-order valence-corrected chi connectivity index (χ1v) is 8.61. The number of aromatic hydroxyl groups is 1. The molecular weight excluding hydrogens is 388 g/mol. The quantitative estimate of drug-likeness (QED) is 0.737. The number of rotatable bonds is 6. The van der Waals surface area contributed by atoms with E-state index in [-0.39, 0.29) is 9.47 Å². The molecule has 0 saturated carbocycles. The zero-order valence-corrected chi connectivity index (χ0v) is 15.3. The Kier molecular flexibility index (Phi) is 2.43. The summed E-state index contributed by atoms with van der Waals surface area (Å²) in [6.07, 6.45) is -8.14. The number of likely N-dealkylation sites (tertiary alicyclic amines) is 1. The van der Waals surface area contributed by atoms with E-state index in [1.54, 1.807) is 0 Å². The van der Waals surface area contributed by atoms with Crippen LogP contribution in [0.5, 0.6) is 5.75 Å². The van der Waals surface area contributed by atoms with Gasteiger partial charge in [-0.2, -0.15) is 0 Å². The van der Waals surface area contributed by atoms with Crippen molar-refractivity contribution in [2.45, 2.75) is 39.4 Å². The third-order valence-corrected chi connectivity index (χ3v) is 4.51. The van der Waals surface area contributed by atoms with Crippen LogP contribution in [0.25, 0.3) is 10.3 Å². The Morgan fingerprint density at radius 3 is 3.30 bits per heavy atom. The number of aromatic nitrogens is 2. The number of thiazole rings is 1. The molecule has 0 aliphatic carbocycles. The number of carbonyl (C=O) groups is 1. The topological polar surface area (TPSA) is 87.5 Å². The Bertz CT molecular complexity index is 1520. The zero-order chi connectivity index (χ0) is 34.6. The van der Waals surface area contributed by atoms with E-state index in [1.165, 1.54) is 0 Å². The van der Waals surface area contributed by atoms with Crippen LogP contribution in [0.3, 0.4) is 0 Å². The minimum atomic E-state index is -3.54. The van der Waals surface area contributed by atoms with E-state index >= 15 is 0 Å². The van der Waals surface area contributed by atoms with Crippen LogP contribution in [-0.4, -0.2) is 51.5 Å². The molecule has 1 aliphatic rings. The summed E-state index contributed by atoms with van der Waals surface area (Å²) in [4.78, 5) is 29.8. The van der Waals surface area contributed by atoms with Crippen LogP contribution in [0.4, 0.5) is 0 Å². The lowest BCUT2D eigenvalue weighted by Gasteiger charge is -2.30. The summed E-state index contributed by atoms with van der Waals surface area (Å²) in [5.74, 6) is -6.20. The van der Waals surface area contributed by atoms with Crippen molar-refractivity contribution in [1.82, 2.24) is 19.8 Å². The van der Waals surface area contributed by atoms with Crippen LogP contribution >= 0.6 is 22.9 Å². The van der Waals surface area contributed by atoms with Gasteiger partial charge in [-0.1, -0.05) is 29.9 Å². The molecule has 1 atom stereocenters. The van der Waals surface area contributed by atoms with Gasteiger partial charge in [0.1, 0.15) is 15.9 Å². The average Bonchev–Trinajstić information content (AvgIpc) is 3.22. The molecule has 0 aromatic carbocycles. The predicted octanol–water partition coefficient (Wildman–Crippen LogP) is 2.69. The Morgan fingerprint density at radius 1 is 1.70 bits per heavy atom. The molecule has 3 rings (SSSR count). The smallest absolute Gasteiger partial charge is 0.268 e. The highest BCUT2D eigenvalue weighted by Crippen LogP contribution is 2.32. The molecule has 1 aliphatic heterocycles. The van der Waals surface area contributed by atoms with Gasteiger partial charge in [0.2, 0.25) is 0 Å². The van der Waals surface area contributed by atoms with Crippen LogP contribution < -0.4 is 10.9 Å². The number of hydrogen-bond acceptors (Lipinski definition) is 6. The molecule has 9 heteroatoms. The van der Waals surface area contributed by atoms with Crippen LogP contribution in [-0.2, 0) is 6.50 Å². The molecule has 1 saturated heterocycles. The molecular formula is C18H25ClN4O3S. The summed E-state index contributed by atoms with van der Waals surface area (Å²) in [7, 11) is 0. The van der Waals surface area contributed by atoms with Crippen molar-refractivity contribution in [2.24, 2.45) is 5.89 Å². The minimum Gasteiger partial charge on any atom is -0.505 e. The van der Waals surface area contributed by atoms with E-state index < -0.39 is 107 Å². The number of halogens is 1. The summed E-state index contributed by atoms with van der Waals surface area (Å²) >= 11 is 6.21. The van der Waals surface area contributed by atoms with E-state index in [0.717, 1.165) is 0 Å². The molecule has 1 amide bonds. The lowest BCUT2D eigenvalue weighted by molar-refractivity contribution is 0.0945. The highest BCUT2D eigenvalue weighted by atomic mass is 35.5. The van der Waals surface area contributed by atoms with Gasteiger partial charge >= 0.3 is 0 Å². The van der Waals surface area contributed by atoms with Crippen molar-refractivity contribution in [3.63, 3.8) is 0 Å². The maximum absolute atomic E-state index is 13.3. The molecule has 2 N–H and O–H groups in total. The van der Waals surface area contributed by atoms with Crippen LogP contribution in [0, 0.1) is 5.89 Å². The summed E-state index contributed by atoms with van der Waals surface area (Å²) in [6.45, 7) is -17.6. The van der Waals surface area contributed by atoms with Gasteiger partial charge in [0.25, 0.3) is 11.5 Å². The molecule has 1 unspecified atom stereocenters. The molecule has 3 heterocycles. The molecule has 2 aromatic rings. The number of carbonyl (C=O) groups excluding carboxylic acids is 1. The average molecular weight is 430 g/mol. The van der Waals surface area contributed by atoms with Crippen molar-refractivity contribution in [3.8, 4) is 5.75 Å². The SMILES string of the molecule is [2H]N(C(=O)c1c(O)c2nc(Cl)sc2n(C([2H])([2H])C([2H])([2H])[2H])c1=O)C([2H])([2H])CCN1C([2H])([2H])C([2H])([2H])C([2H])([2H])C([2H])(C)C1([2H])[2H]. The maximum Gasteiger partial charge on any atom is 0.268 e. The van der Waals surface area contributed by atoms with Gasteiger partial charge in [-0.05, 0) is 45.0 Å². The lowest BCUT2D eigenvalue weighted by atomic mass is 10.0.